The first kappa shape index (κ1) is 18.8. The number of thioether (sulfide) groups is 1. The Morgan fingerprint density at radius 1 is 1.23 bits per heavy atom. The minimum Gasteiger partial charge on any atom is -0.445 e. The summed E-state index contributed by atoms with van der Waals surface area (Å²) in [5, 5.41) is 1.01. The van der Waals surface area contributed by atoms with Gasteiger partial charge in [-0.2, -0.15) is 0 Å². The number of pyridine rings is 1. The quantitative estimate of drug-likeness (QED) is 0.672. The van der Waals surface area contributed by atoms with Crippen molar-refractivity contribution < 1.29 is 9.53 Å². The fraction of sp³-hybridized carbons (Fsp3) is 0.429. The molecule has 4 nitrogen and oxygen atoms in total. The number of benzene rings is 1. The lowest BCUT2D eigenvalue weighted by molar-refractivity contribution is 0.0920. The molecule has 0 spiro atoms. The number of carbonyl (C=O) groups excluding carboxylic acids is 1. The second-order valence-electron chi connectivity index (χ2n) is 7.54. The van der Waals surface area contributed by atoms with Gasteiger partial charge in [0.25, 0.3) is 0 Å². The molecule has 2 aromatic rings. The molecule has 1 aliphatic rings. The molecule has 1 aromatic carbocycles. The van der Waals surface area contributed by atoms with Gasteiger partial charge in [0.05, 0.1) is 11.1 Å². The smallest absolute Gasteiger partial charge is 0.410 e. The predicted octanol–water partition coefficient (Wildman–Crippen LogP) is 5.45. The van der Waals surface area contributed by atoms with Gasteiger partial charge in [-0.15, -0.1) is 11.8 Å². The standard InChI is InChI=1S/C21H26N2O2S/c1-21(2,3)26-19-12-11-17(14-22-19)18-10-7-13-23(18)20(24)25-15-16-8-5-4-6-9-16/h4-6,8-9,11-12,14,18H,7,10,13,15H2,1-3H3. The third kappa shape index (κ3) is 5.01. The van der Waals surface area contributed by atoms with Crippen LogP contribution in [0.5, 0.6) is 0 Å². The molecule has 0 aliphatic carbocycles. The molecule has 26 heavy (non-hydrogen) atoms. The van der Waals surface area contributed by atoms with Crippen LogP contribution in [0.3, 0.4) is 0 Å². The van der Waals surface area contributed by atoms with Crippen molar-refractivity contribution in [3.63, 3.8) is 0 Å². The van der Waals surface area contributed by atoms with Gasteiger partial charge in [-0.3, -0.25) is 0 Å². The van der Waals surface area contributed by atoms with Crippen molar-refractivity contribution in [2.45, 2.75) is 56.0 Å². The van der Waals surface area contributed by atoms with Crippen LogP contribution in [-0.2, 0) is 11.3 Å². The summed E-state index contributed by atoms with van der Waals surface area (Å²) in [5.41, 5.74) is 2.08. The van der Waals surface area contributed by atoms with Crippen molar-refractivity contribution in [1.29, 1.82) is 0 Å². The van der Waals surface area contributed by atoms with E-state index in [1.807, 2.05) is 41.4 Å². The lowest BCUT2D eigenvalue weighted by Crippen LogP contribution is -2.31. The molecule has 1 fully saturated rings. The van der Waals surface area contributed by atoms with E-state index in [1.54, 1.807) is 11.8 Å². The first-order valence-corrected chi connectivity index (χ1v) is 9.86. The van der Waals surface area contributed by atoms with Crippen LogP contribution in [0, 0.1) is 0 Å². The van der Waals surface area contributed by atoms with Crippen LogP contribution < -0.4 is 0 Å². The molecule has 1 unspecified atom stereocenters. The van der Waals surface area contributed by atoms with E-state index in [2.05, 4.69) is 37.9 Å². The zero-order chi connectivity index (χ0) is 18.6. The van der Waals surface area contributed by atoms with E-state index in [-0.39, 0.29) is 16.9 Å². The zero-order valence-electron chi connectivity index (χ0n) is 15.6. The van der Waals surface area contributed by atoms with Crippen LogP contribution in [-0.4, -0.2) is 27.3 Å². The summed E-state index contributed by atoms with van der Waals surface area (Å²) in [6.07, 6.45) is 3.60. The molecule has 0 radical (unpaired) electrons. The summed E-state index contributed by atoms with van der Waals surface area (Å²) >= 11 is 1.75. The Hall–Kier alpha value is -2.01. The zero-order valence-corrected chi connectivity index (χ0v) is 16.5. The Balaban J connectivity index is 1.63. The summed E-state index contributed by atoms with van der Waals surface area (Å²) in [7, 11) is 0. The Morgan fingerprint density at radius 2 is 2.00 bits per heavy atom. The molecule has 138 valence electrons. The van der Waals surface area contributed by atoms with Crippen molar-refractivity contribution >= 4 is 17.9 Å². The lowest BCUT2D eigenvalue weighted by atomic mass is 10.1. The summed E-state index contributed by atoms with van der Waals surface area (Å²) < 4.78 is 5.65. The molecular formula is C21H26N2O2S. The number of likely N-dealkylation sites (tertiary alicyclic amines) is 1. The highest BCUT2D eigenvalue weighted by molar-refractivity contribution is 8.00. The minimum atomic E-state index is -0.246. The molecule has 1 amide bonds. The van der Waals surface area contributed by atoms with E-state index < -0.39 is 0 Å². The lowest BCUT2D eigenvalue weighted by Gasteiger charge is -2.24. The number of ether oxygens (including phenoxy) is 1. The number of amides is 1. The van der Waals surface area contributed by atoms with Gasteiger partial charge >= 0.3 is 6.09 Å². The average molecular weight is 371 g/mol. The maximum absolute atomic E-state index is 12.5. The Kier molecular flexibility index (Phi) is 5.87. The van der Waals surface area contributed by atoms with Crippen LogP contribution >= 0.6 is 11.8 Å². The van der Waals surface area contributed by atoms with Gasteiger partial charge in [0.2, 0.25) is 0 Å². The molecule has 0 N–H and O–H groups in total. The van der Waals surface area contributed by atoms with E-state index in [9.17, 15) is 4.79 Å². The van der Waals surface area contributed by atoms with E-state index in [0.29, 0.717) is 6.61 Å². The van der Waals surface area contributed by atoms with Crippen LogP contribution in [0.2, 0.25) is 0 Å². The van der Waals surface area contributed by atoms with Crippen LogP contribution in [0.25, 0.3) is 0 Å². The summed E-state index contributed by atoms with van der Waals surface area (Å²) in [5.74, 6) is 0. The van der Waals surface area contributed by atoms with Crippen molar-refractivity contribution in [2.75, 3.05) is 6.54 Å². The van der Waals surface area contributed by atoms with Gasteiger partial charge in [0.1, 0.15) is 6.61 Å². The third-order valence-electron chi connectivity index (χ3n) is 4.25. The second kappa shape index (κ2) is 8.12. The monoisotopic (exact) mass is 370 g/mol. The Labute approximate surface area is 160 Å². The van der Waals surface area contributed by atoms with E-state index in [4.69, 9.17) is 4.74 Å². The summed E-state index contributed by atoms with van der Waals surface area (Å²) in [4.78, 5) is 18.9. The van der Waals surface area contributed by atoms with Gasteiger partial charge < -0.3 is 9.64 Å². The predicted molar refractivity (Wildman–Crippen MR) is 105 cm³/mol. The minimum absolute atomic E-state index is 0.0551. The van der Waals surface area contributed by atoms with Crippen LogP contribution in [0.4, 0.5) is 4.79 Å². The molecule has 1 aromatic heterocycles. The number of hydrogen-bond acceptors (Lipinski definition) is 4. The first-order valence-electron chi connectivity index (χ1n) is 9.05. The highest BCUT2D eigenvalue weighted by atomic mass is 32.2. The number of carbonyl (C=O) groups is 1. The first-order chi connectivity index (χ1) is 12.4. The van der Waals surface area contributed by atoms with Gasteiger partial charge in [0.15, 0.2) is 0 Å². The Morgan fingerprint density at radius 3 is 2.65 bits per heavy atom. The average Bonchev–Trinajstić information content (AvgIpc) is 3.10. The molecule has 5 heteroatoms. The van der Waals surface area contributed by atoms with E-state index >= 15 is 0 Å². The van der Waals surface area contributed by atoms with Crippen molar-refractivity contribution in [1.82, 2.24) is 9.88 Å². The molecule has 1 atom stereocenters. The molecule has 2 heterocycles. The maximum Gasteiger partial charge on any atom is 0.410 e. The van der Waals surface area contributed by atoms with E-state index in [0.717, 1.165) is 35.5 Å². The fourth-order valence-electron chi connectivity index (χ4n) is 3.10. The topological polar surface area (TPSA) is 42.4 Å². The molecule has 3 rings (SSSR count). The van der Waals surface area contributed by atoms with Crippen molar-refractivity contribution in [2.24, 2.45) is 0 Å². The number of rotatable bonds is 4. The SMILES string of the molecule is CC(C)(C)Sc1ccc(C2CCCN2C(=O)OCc2ccccc2)cn1. The van der Waals surface area contributed by atoms with Crippen LogP contribution in [0.15, 0.2) is 53.7 Å². The molecule has 0 bridgehead atoms. The molecule has 0 saturated carbocycles. The Bertz CT molecular complexity index is 726. The van der Waals surface area contributed by atoms with Gasteiger partial charge in [0, 0.05) is 17.5 Å². The maximum atomic E-state index is 12.5. The fourth-order valence-corrected chi connectivity index (χ4v) is 3.97. The number of hydrogen-bond donors (Lipinski definition) is 0. The normalized spacial score (nSPS) is 17.3. The largest absolute Gasteiger partial charge is 0.445 e. The second-order valence-corrected chi connectivity index (χ2v) is 9.38. The van der Waals surface area contributed by atoms with Gasteiger partial charge in [-0.1, -0.05) is 57.2 Å². The van der Waals surface area contributed by atoms with Crippen LogP contribution in [0.1, 0.15) is 50.8 Å². The third-order valence-corrected chi connectivity index (χ3v) is 5.31. The molecule has 1 aliphatic heterocycles. The summed E-state index contributed by atoms with van der Waals surface area (Å²) in [6.45, 7) is 7.57. The van der Waals surface area contributed by atoms with Crippen molar-refractivity contribution in [3.8, 4) is 0 Å². The van der Waals surface area contributed by atoms with Crippen molar-refractivity contribution in [3.05, 3.63) is 59.8 Å². The number of aromatic nitrogens is 1. The highest BCUT2D eigenvalue weighted by Crippen LogP contribution is 2.34. The highest BCUT2D eigenvalue weighted by Gasteiger charge is 2.31. The molecular weight excluding hydrogens is 344 g/mol. The summed E-state index contributed by atoms with van der Waals surface area (Å²) in [6, 6.07) is 14.0. The number of nitrogens with zero attached hydrogens (tertiary/aromatic N) is 2. The molecule has 1 saturated heterocycles. The van der Waals surface area contributed by atoms with Gasteiger partial charge in [-0.25, -0.2) is 9.78 Å². The van der Waals surface area contributed by atoms with Gasteiger partial charge in [-0.05, 0) is 30.0 Å². The van der Waals surface area contributed by atoms with E-state index in [1.165, 1.54) is 0 Å².